The van der Waals surface area contributed by atoms with Gasteiger partial charge in [0.25, 0.3) is 0 Å². The third-order valence-electron chi connectivity index (χ3n) is 3.32. The molecule has 1 heterocycles. The molecule has 1 fully saturated rings. The molecule has 0 aliphatic heterocycles. The molecule has 0 saturated heterocycles. The maximum Gasteiger partial charge on any atom is 0.214 e. The number of hydrogen-bond acceptors (Lipinski definition) is 4. The van der Waals surface area contributed by atoms with Crippen LogP contribution >= 0.6 is 0 Å². The lowest BCUT2D eigenvalue weighted by molar-refractivity contribution is 0.00379. The number of rotatable bonds is 2. The first-order chi connectivity index (χ1) is 7.62. The summed E-state index contributed by atoms with van der Waals surface area (Å²) in [5.74, 6) is 0.308. The number of carbonyl (C=O) groups is 1. The Morgan fingerprint density at radius 1 is 1.44 bits per heavy atom. The van der Waals surface area contributed by atoms with Crippen LogP contribution in [0.5, 0.6) is 0 Å². The molecule has 1 saturated carbocycles. The summed E-state index contributed by atoms with van der Waals surface area (Å²) in [6.07, 6.45) is 7.25. The summed E-state index contributed by atoms with van der Waals surface area (Å²) in [5, 5.41) is 10.3. The highest BCUT2D eigenvalue weighted by atomic mass is 16.3. The molecular formula is C12H16N2O2. The van der Waals surface area contributed by atoms with Gasteiger partial charge in [0.15, 0.2) is 0 Å². The highest BCUT2D eigenvalue weighted by Crippen LogP contribution is 2.33. The second-order valence-corrected chi connectivity index (χ2v) is 4.63. The minimum atomic E-state index is -1.22. The lowest BCUT2D eigenvalue weighted by Crippen LogP contribution is -2.42. The Kier molecular flexibility index (Phi) is 3.01. The van der Waals surface area contributed by atoms with Gasteiger partial charge in [-0.1, -0.05) is 6.92 Å². The van der Waals surface area contributed by atoms with E-state index in [1.165, 1.54) is 18.6 Å². The predicted molar refractivity (Wildman–Crippen MR) is 58.9 cm³/mol. The van der Waals surface area contributed by atoms with Crippen molar-refractivity contribution in [1.29, 1.82) is 0 Å². The van der Waals surface area contributed by atoms with Crippen molar-refractivity contribution in [2.75, 3.05) is 0 Å². The van der Waals surface area contributed by atoms with Crippen LogP contribution in [0.4, 0.5) is 0 Å². The molecule has 1 N–H and O–H groups in total. The molecule has 0 atom stereocenters. The molecule has 1 aromatic heterocycles. The molecule has 2 rings (SSSR count). The summed E-state index contributed by atoms with van der Waals surface area (Å²) in [6, 6.07) is 0. The maximum atomic E-state index is 12.1. The molecule has 16 heavy (non-hydrogen) atoms. The molecular weight excluding hydrogens is 204 g/mol. The minimum Gasteiger partial charge on any atom is -0.382 e. The minimum absolute atomic E-state index is 0.263. The molecule has 86 valence electrons. The number of hydrogen-bond donors (Lipinski definition) is 1. The molecule has 0 unspecified atom stereocenters. The number of aromatic nitrogens is 2. The number of nitrogens with zero attached hydrogens (tertiary/aromatic N) is 2. The van der Waals surface area contributed by atoms with Crippen LogP contribution in [0.3, 0.4) is 0 Å². The Morgan fingerprint density at radius 3 is 2.69 bits per heavy atom. The molecule has 4 nitrogen and oxygen atoms in total. The zero-order valence-electron chi connectivity index (χ0n) is 9.39. The summed E-state index contributed by atoms with van der Waals surface area (Å²) in [4.78, 5) is 19.9. The SMILES string of the molecule is CC1CCC(O)(C(=O)c2cnccn2)CC1. The van der Waals surface area contributed by atoms with Gasteiger partial charge in [-0.15, -0.1) is 0 Å². The molecule has 0 spiro atoms. The average molecular weight is 220 g/mol. The summed E-state index contributed by atoms with van der Waals surface area (Å²) >= 11 is 0. The van der Waals surface area contributed by atoms with Crippen LogP contribution in [0.1, 0.15) is 43.1 Å². The van der Waals surface area contributed by atoms with Crippen LogP contribution in [0.15, 0.2) is 18.6 Å². The van der Waals surface area contributed by atoms with Crippen molar-refractivity contribution in [2.24, 2.45) is 5.92 Å². The molecule has 1 aromatic rings. The number of ketones is 1. The first-order valence-electron chi connectivity index (χ1n) is 5.65. The fourth-order valence-electron chi connectivity index (χ4n) is 2.12. The smallest absolute Gasteiger partial charge is 0.214 e. The van der Waals surface area contributed by atoms with Crippen LogP contribution in [-0.2, 0) is 0 Å². The second kappa shape index (κ2) is 4.29. The zero-order chi connectivity index (χ0) is 11.6. The largest absolute Gasteiger partial charge is 0.382 e. The maximum absolute atomic E-state index is 12.1. The molecule has 0 amide bonds. The Labute approximate surface area is 94.7 Å². The summed E-state index contributed by atoms with van der Waals surface area (Å²) < 4.78 is 0. The van der Waals surface area contributed by atoms with Crippen LogP contribution in [0.2, 0.25) is 0 Å². The Bertz CT molecular complexity index is 370. The summed E-state index contributed by atoms with van der Waals surface area (Å²) in [7, 11) is 0. The number of aliphatic hydroxyl groups is 1. The number of carbonyl (C=O) groups excluding carboxylic acids is 1. The van der Waals surface area contributed by atoms with Gasteiger partial charge < -0.3 is 5.11 Å². The van der Waals surface area contributed by atoms with Crippen LogP contribution < -0.4 is 0 Å². The van der Waals surface area contributed by atoms with Gasteiger partial charge in [0.2, 0.25) is 5.78 Å². The van der Waals surface area contributed by atoms with E-state index in [0.717, 1.165) is 12.8 Å². The van der Waals surface area contributed by atoms with Gasteiger partial charge in [-0.25, -0.2) is 4.98 Å². The van der Waals surface area contributed by atoms with E-state index in [9.17, 15) is 9.90 Å². The second-order valence-electron chi connectivity index (χ2n) is 4.63. The van der Waals surface area contributed by atoms with Crippen LogP contribution in [0, 0.1) is 5.92 Å². The lowest BCUT2D eigenvalue weighted by atomic mass is 9.76. The van der Waals surface area contributed by atoms with E-state index in [4.69, 9.17) is 0 Å². The number of Topliss-reactive ketones (excluding diaryl/α,β-unsaturated/α-hetero) is 1. The molecule has 0 aromatic carbocycles. The summed E-state index contributed by atoms with van der Waals surface area (Å²) in [6.45, 7) is 2.15. The van der Waals surface area contributed by atoms with Crippen molar-refractivity contribution in [3.63, 3.8) is 0 Å². The van der Waals surface area contributed by atoms with E-state index in [1.54, 1.807) is 0 Å². The van der Waals surface area contributed by atoms with Crippen molar-refractivity contribution in [1.82, 2.24) is 9.97 Å². The fourth-order valence-corrected chi connectivity index (χ4v) is 2.12. The van der Waals surface area contributed by atoms with Gasteiger partial charge in [-0.2, -0.15) is 0 Å². The van der Waals surface area contributed by atoms with Crippen molar-refractivity contribution < 1.29 is 9.90 Å². The third kappa shape index (κ3) is 2.11. The van der Waals surface area contributed by atoms with E-state index in [-0.39, 0.29) is 11.5 Å². The molecule has 1 aliphatic carbocycles. The molecule has 0 radical (unpaired) electrons. The monoisotopic (exact) mass is 220 g/mol. The van der Waals surface area contributed by atoms with E-state index >= 15 is 0 Å². The van der Waals surface area contributed by atoms with Gasteiger partial charge in [0.05, 0.1) is 6.20 Å². The first-order valence-corrected chi connectivity index (χ1v) is 5.65. The zero-order valence-corrected chi connectivity index (χ0v) is 9.39. The van der Waals surface area contributed by atoms with Gasteiger partial charge >= 0.3 is 0 Å². The topological polar surface area (TPSA) is 63.1 Å². The molecule has 4 heteroatoms. The van der Waals surface area contributed by atoms with Crippen molar-refractivity contribution in [3.05, 3.63) is 24.3 Å². The molecule has 1 aliphatic rings. The van der Waals surface area contributed by atoms with Gasteiger partial charge in [-0.05, 0) is 31.6 Å². The molecule has 0 bridgehead atoms. The fraction of sp³-hybridized carbons (Fsp3) is 0.583. The lowest BCUT2D eigenvalue weighted by Gasteiger charge is -2.33. The first kappa shape index (κ1) is 11.2. The van der Waals surface area contributed by atoms with Crippen LogP contribution in [-0.4, -0.2) is 26.5 Å². The standard InChI is InChI=1S/C12H16N2O2/c1-9-2-4-12(16,5-3-9)11(15)10-8-13-6-7-14-10/h6-9,16H,2-5H2,1H3. The van der Waals surface area contributed by atoms with E-state index in [2.05, 4.69) is 16.9 Å². The Morgan fingerprint density at radius 2 is 2.12 bits per heavy atom. The van der Waals surface area contributed by atoms with Gasteiger partial charge in [0.1, 0.15) is 11.3 Å². The third-order valence-corrected chi connectivity index (χ3v) is 3.32. The highest BCUT2D eigenvalue weighted by Gasteiger charge is 2.39. The van der Waals surface area contributed by atoms with Crippen molar-refractivity contribution in [3.8, 4) is 0 Å². The van der Waals surface area contributed by atoms with E-state index in [1.807, 2.05) is 0 Å². The average Bonchev–Trinajstić information content (AvgIpc) is 2.33. The Hall–Kier alpha value is -1.29. The summed E-state index contributed by atoms with van der Waals surface area (Å²) in [5.41, 5.74) is -0.956. The van der Waals surface area contributed by atoms with Gasteiger partial charge in [0, 0.05) is 12.4 Å². The van der Waals surface area contributed by atoms with Crippen LogP contribution in [0.25, 0.3) is 0 Å². The Balaban J connectivity index is 2.16. The normalized spacial score (nSPS) is 30.0. The van der Waals surface area contributed by atoms with Gasteiger partial charge in [-0.3, -0.25) is 9.78 Å². The van der Waals surface area contributed by atoms with Crippen molar-refractivity contribution >= 4 is 5.78 Å². The van der Waals surface area contributed by atoms with E-state index < -0.39 is 5.60 Å². The van der Waals surface area contributed by atoms with Crippen molar-refractivity contribution in [2.45, 2.75) is 38.2 Å². The highest BCUT2D eigenvalue weighted by molar-refractivity contribution is 6.00. The van der Waals surface area contributed by atoms with E-state index in [0.29, 0.717) is 18.8 Å². The predicted octanol–water partition coefficient (Wildman–Crippen LogP) is 1.60. The quantitative estimate of drug-likeness (QED) is 0.769.